The van der Waals surface area contributed by atoms with Crippen LogP contribution in [0.3, 0.4) is 0 Å². The van der Waals surface area contributed by atoms with E-state index in [1.54, 1.807) is 24.3 Å². The standard InChI is InChI=1S/C18H15ClN2O2S/c1-12-17(14-6-8-15(19)9-7-14)24(22,23)20-18(12)21-11-10-13-4-2-3-5-16(13)21/h2-9H,10-11H2,1H3. The van der Waals surface area contributed by atoms with Gasteiger partial charge in [-0.1, -0.05) is 41.9 Å². The highest BCUT2D eigenvalue weighted by Crippen LogP contribution is 2.37. The minimum Gasteiger partial charge on any atom is -0.325 e. The number of halogens is 1. The van der Waals surface area contributed by atoms with Gasteiger partial charge in [0.1, 0.15) is 4.91 Å². The van der Waals surface area contributed by atoms with Gasteiger partial charge in [-0.3, -0.25) is 0 Å². The third-order valence-corrected chi connectivity index (χ3v) is 6.11. The molecule has 6 heteroatoms. The number of sulfonamides is 1. The summed E-state index contributed by atoms with van der Waals surface area (Å²) in [5.41, 5.74) is 3.53. The quantitative estimate of drug-likeness (QED) is 0.777. The molecule has 4 rings (SSSR count). The summed E-state index contributed by atoms with van der Waals surface area (Å²) in [6.45, 7) is 2.55. The van der Waals surface area contributed by atoms with Gasteiger partial charge in [-0.15, -0.1) is 4.40 Å². The molecular weight excluding hydrogens is 344 g/mol. The van der Waals surface area contributed by atoms with Crippen molar-refractivity contribution in [1.82, 2.24) is 0 Å². The lowest BCUT2D eigenvalue weighted by atomic mass is 10.1. The van der Waals surface area contributed by atoms with Crippen LogP contribution in [0, 0.1) is 0 Å². The van der Waals surface area contributed by atoms with Gasteiger partial charge in [0.15, 0.2) is 5.84 Å². The topological polar surface area (TPSA) is 49.7 Å². The highest BCUT2D eigenvalue weighted by atomic mass is 35.5. The second kappa shape index (κ2) is 5.46. The van der Waals surface area contributed by atoms with Gasteiger partial charge in [0.25, 0.3) is 10.0 Å². The molecule has 2 aliphatic heterocycles. The molecule has 24 heavy (non-hydrogen) atoms. The number of para-hydroxylation sites is 1. The number of amidine groups is 1. The Morgan fingerprint density at radius 1 is 1.08 bits per heavy atom. The largest absolute Gasteiger partial charge is 0.325 e. The fourth-order valence-electron chi connectivity index (χ4n) is 3.30. The van der Waals surface area contributed by atoms with E-state index >= 15 is 0 Å². The molecule has 2 aromatic rings. The Kier molecular flexibility index (Phi) is 3.51. The Labute approximate surface area is 146 Å². The van der Waals surface area contributed by atoms with Gasteiger partial charge in [-0.25, -0.2) is 0 Å². The predicted molar refractivity (Wildman–Crippen MR) is 97.9 cm³/mol. The Morgan fingerprint density at radius 2 is 1.79 bits per heavy atom. The zero-order chi connectivity index (χ0) is 16.9. The van der Waals surface area contributed by atoms with Gasteiger partial charge in [0.05, 0.1) is 0 Å². The molecule has 0 atom stereocenters. The predicted octanol–water partition coefficient (Wildman–Crippen LogP) is 3.88. The summed E-state index contributed by atoms with van der Waals surface area (Å²) >= 11 is 5.91. The van der Waals surface area contributed by atoms with Gasteiger partial charge in [0.2, 0.25) is 0 Å². The van der Waals surface area contributed by atoms with Crippen LogP contribution in [-0.4, -0.2) is 20.8 Å². The van der Waals surface area contributed by atoms with E-state index in [1.807, 2.05) is 30.0 Å². The maximum Gasteiger partial charge on any atom is 0.285 e. The lowest BCUT2D eigenvalue weighted by Crippen LogP contribution is -2.28. The van der Waals surface area contributed by atoms with E-state index in [0.29, 0.717) is 22.0 Å². The lowest BCUT2D eigenvalue weighted by molar-refractivity contribution is 0.608. The van der Waals surface area contributed by atoms with Crippen LogP contribution < -0.4 is 4.90 Å². The lowest BCUT2D eigenvalue weighted by Gasteiger charge is -2.19. The minimum absolute atomic E-state index is 0.263. The summed E-state index contributed by atoms with van der Waals surface area (Å²) in [7, 11) is -3.71. The Bertz CT molecular complexity index is 992. The maximum absolute atomic E-state index is 12.6. The normalized spacial score (nSPS) is 18.8. The Hall–Kier alpha value is -2.11. The first-order chi connectivity index (χ1) is 11.5. The van der Waals surface area contributed by atoms with Gasteiger partial charge in [-0.05, 0) is 42.7 Å². The number of nitrogens with zero attached hydrogens (tertiary/aromatic N) is 2. The van der Waals surface area contributed by atoms with Crippen molar-refractivity contribution in [2.75, 3.05) is 11.4 Å². The maximum atomic E-state index is 12.6. The fraction of sp³-hybridized carbons (Fsp3) is 0.167. The molecule has 0 saturated heterocycles. The Morgan fingerprint density at radius 3 is 2.54 bits per heavy atom. The van der Waals surface area contributed by atoms with E-state index in [1.165, 1.54) is 5.56 Å². The molecule has 0 bridgehead atoms. The number of hydrogen-bond donors (Lipinski definition) is 0. The van der Waals surface area contributed by atoms with Gasteiger partial charge in [-0.2, -0.15) is 8.42 Å². The first-order valence-corrected chi connectivity index (χ1v) is 9.47. The Balaban J connectivity index is 1.83. The first-order valence-electron chi connectivity index (χ1n) is 7.65. The fourth-order valence-corrected chi connectivity index (χ4v) is 4.89. The molecule has 2 heterocycles. The van der Waals surface area contributed by atoms with Crippen molar-refractivity contribution in [3.63, 3.8) is 0 Å². The molecule has 2 aliphatic rings. The molecule has 0 spiro atoms. The van der Waals surface area contributed by atoms with Crippen LogP contribution in [0.1, 0.15) is 18.1 Å². The molecular formula is C18H15ClN2O2S. The van der Waals surface area contributed by atoms with Gasteiger partial charge < -0.3 is 4.90 Å². The second-order valence-corrected chi connectivity index (χ2v) is 7.86. The van der Waals surface area contributed by atoms with Crippen LogP contribution >= 0.6 is 11.6 Å². The number of benzene rings is 2. The SMILES string of the molecule is CC1=C(c2ccc(Cl)cc2)S(=O)(=O)N=C1N1CCc2ccccc21. The molecule has 0 fully saturated rings. The molecule has 4 nitrogen and oxygen atoms in total. The third kappa shape index (κ3) is 2.36. The smallest absolute Gasteiger partial charge is 0.285 e. The van der Waals surface area contributed by atoms with E-state index in [4.69, 9.17) is 11.6 Å². The minimum atomic E-state index is -3.71. The summed E-state index contributed by atoms with van der Waals surface area (Å²) < 4.78 is 29.3. The van der Waals surface area contributed by atoms with E-state index in [9.17, 15) is 8.42 Å². The summed E-state index contributed by atoms with van der Waals surface area (Å²) in [6, 6.07) is 14.8. The zero-order valence-electron chi connectivity index (χ0n) is 13.0. The molecule has 0 aromatic heterocycles. The molecule has 0 aliphatic carbocycles. The van der Waals surface area contributed by atoms with E-state index in [0.717, 1.165) is 18.7 Å². The van der Waals surface area contributed by atoms with Crippen molar-refractivity contribution >= 4 is 38.1 Å². The van der Waals surface area contributed by atoms with E-state index in [-0.39, 0.29) is 4.91 Å². The van der Waals surface area contributed by atoms with Crippen molar-refractivity contribution in [2.45, 2.75) is 13.3 Å². The number of fused-ring (bicyclic) bond motifs is 1. The van der Waals surface area contributed by atoms with Crippen LogP contribution in [0.15, 0.2) is 58.5 Å². The van der Waals surface area contributed by atoms with Crippen molar-refractivity contribution in [1.29, 1.82) is 0 Å². The van der Waals surface area contributed by atoms with E-state index in [2.05, 4.69) is 10.5 Å². The molecule has 122 valence electrons. The molecule has 0 radical (unpaired) electrons. The molecule has 0 amide bonds. The zero-order valence-corrected chi connectivity index (χ0v) is 14.6. The van der Waals surface area contributed by atoms with Crippen molar-refractivity contribution < 1.29 is 8.42 Å². The number of hydrogen-bond acceptors (Lipinski definition) is 3. The second-order valence-electron chi connectivity index (χ2n) is 5.88. The number of rotatable bonds is 1. The highest BCUT2D eigenvalue weighted by Gasteiger charge is 2.35. The van der Waals surface area contributed by atoms with Crippen LogP contribution in [0.2, 0.25) is 5.02 Å². The molecule has 0 saturated carbocycles. The summed E-state index contributed by atoms with van der Waals surface area (Å²) in [5, 5.41) is 0.571. The van der Waals surface area contributed by atoms with Crippen molar-refractivity contribution in [3.05, 3.63) is 70.3 Å². The summed E-state index contributed by atoms with van der Waals surface area (Å²) in [6.07, 6.45) is 0.888. The van der Waals surface area contributed by atoms with Gasteiger partial charge in [0, 0.05) is 22.8 Å². The number of anilines is 1. The van der Waals surface area contributed by atoms with E-state index < -0.39 is 10.0 Å². The third-order valence-electron chi connectivity index (χ3n) is 4.39. The van der Waals surface area contributed by atoms with Crippen LogP contribution in [0.5, 0.6) is 0 Å². The molecule has 2 aromatic carbocycles. The van der Waals surface area contributed by atoms with Crippen LogP contribution in [0.25, 0.3) is 4.91 Å². The average Bonchev–Trinajstić information content (AvgIpc) is 3.07. The van der Waals surface area contributed by atoms with Crippen molar-refractivity contribution in [3.8, 4) is 0 Å². The molecule has 0 unspecified atom stereocenters. The average molecular weight is 359 g/mol. The van der Waals surface area contributed by atoms with Crippen LogP contribution in [0.4, 0.5) is 5.69 Å². The summed E-state index contributed by atoms with van der Waals surface area (Å²) in [5.74, 6) is 0.518. The molecule has 0 N–H and O–H groups in total. The van der Waals surface area contributed by atoms with Crippen molar-refractivity contribution in [2.24, 2.45) is 4.40 Å². The monoisotopic (exact) mass is 358 g/mol. The highest BCUT2D eigenvalue weighted by molar-refractivity contribution is 8.00. The first kappa shape index (κ1) is 15.4. The summed E-state index contributed by atoms with van der Waals surface area (Å²) in [4.78, 5) is 2.25. The van der Waals surface area contributed by atoms with Gasteiger partial charge >= 0.3 is 0 Å². The van der Waals surface area contributed by atoms with Crippen LogP contribution in [-0.2, 0) is 16.4 Å².